The number of sulfonamides is 1. The fourth-order valence-electron chi connectivity index (χ4n) is 4.12. The van der Waals surface area contributed by atoms with Crippen LogP contribution in [0.15, 0.2) is 95.9 Å². The number of hydrogen-bond donors (Lipinski definition) is 1. The molecule has 194 valence electrons. The predicted octanol–water partition coefficient (Wildman–Crippen LogP) is 6.07. The lowest BCUT2D eigenvalue weighted by Crippen LogP contribution is -2.31. The van der Waals surface area contributed by atoms with Crippen LogP contribution in [0.2, 0.25) is 5.02 Å². The zero-order valence-corrected chi connectivity index (χ0v) is 22.1. The molecule has 0 fully saturated rings. The number of hydrogen-bond acceptors (Lipinski definition) is 5. The Morgan fingerprint density at radius 3 is 2.34 bits per heavy atom. The largest absolute Gasteiger partial charge is 0.486 e. The van der Waals surface area contributed by atoms with Gasteiger partial charge in [0.05, 0.1) is 17.1 Å². The zero-order valence-electron chi connectivity index (χ0n) is 20.6. The molecule has 0 unspecified atom stereocenters. The van der Waals surface area contributed by atoms with Crippen LogP contribution in [0.5, 0.6) is 11.5 Å². The van der Waals surface area contributed by atoms with E-state index in [2.05, 4.69) is 5.32 Å². The molecule has 0 spiro atoms. The SMILES string of the molecule is Cc1ccc(Cl)cc1N(Cc1ccc(C(=O)Nc2ccc3c(c2)OCCO3)cc1)S(=O)(=O)c1ccccc1. The highest BCUT2D eigenvalue weighted by atomic mass is 35.5. The smallest absolute Gasteiger partial charge is 0.264 e. The fourth-order valence-corrected chi connectivity index (χ4v) is 5.82. The molecule has 0 saturated heterocycles. The summed E-state index contributed by atoms with van der Waals surface area (Å²) in [6, 6.07) is 25.5. The summed E-state index contributed by atoms with van der Waals surface area (Å²) in [5.41, 5.74) is 2.98. The van der Waals surface area contributed by atoms with E-state index < -0.39 is 10.0 Å². The van der Waals surface area contributed by atoms with Crippen LogP contribution in [0.3, 0.4) is 0 Å². The van der Waals surface area contributed by atoms with Crippen molar-refractivity contribution in [2.24, 2.45) is 0 Å². The van der Waals surface area contributed by atoms with E-state index in [9.17, 15) is 13.2 Å². The number of nitrogens with one attached hydrogen (secondary N) is 1. The van der Waals surface area contributed by atoms with Crippen LogP contribution in [0.4, 0.5) is 11.4 Å². The molecule has 0 saturated carbocycles. The van der Waals surface area contributed by atoms with Crippen molar-refractivity contribution in [2.45, 2.75) is 18.4 Å². The van der Waals surface area contributed by atoms with E-state index in [0.717, 1.165) is 5.56 Å². The number of carbonyl (C=O) groups is 1. The van der Waals surface area contributed by atoms with Gasteiger partial charge in [0, 0.05) is 22.3 Å². The Morgan fingerprint density at radius 1 is 0.895 bits per heavy atom. The zero-order chi connectivity index (χ0) is 26.7. The molecule has 4 aromatic carbocycles. The maximum atomic E-state index is 13.7. The van der Waals surface area contributed by atoms with Crippen molar-refractivity contribution >= 4 is 38.9 Å². The van der Waals surface area contributed by atoms with Gasteiger partial charge >= 0.3 is 0 Å². The minimum atomic E-state index is -3.89. The number of halogens is 1. The Hall–Kier alpha value is -4.01. The monoisotopic (exact) mass is 548 g/mol. The van der Waals surface area contributed by atoms with E-state index in [1.54, 1.807) is 91.0 Å². The number of ether oxygens (including phenoxy) is 2. The van der Waals surface area contributed by atoms with E-state index >= 15 is 0 Å². The van der Waals surface area contributed by atoms with Gasteiger partial charge in [0.15, 0.2) is 11.5 Å². The van der Waals surface area contributed by atoms with E-state index in [-0.39, 0.29) is 17.3 Å². The van der Waals surface area contributed by atoms with Crippen LogP contribution in [0, 0.1) is 6.92 Å². The summed E-state index contributed by atoms with van der Waals surface area (Å²) in [6.07, 6.45) is 0. The van der Waals surface area contributed by atoms with Crippen molar-refractivity contribution in [2.75, 3.05) is 22.8 Å². The van der Waals surface area contributed by atoms with Gasteiger partial charge in [-0.1, -0.05) is 48.0 Å². The summed E-state index contributed by atoms with van der Waals surface area (Å²) in [6.45, 7) is 2.84. The Bertz CT molecular complexity index is 1570. The topological polar surface area (TPSA) is 84.9 Å². The molecule has 0 atom stereocenters. The van der Waals surface area contributed by atoms with Crippen LogP contribution in [0.25, 0.3) is 0 Å². The number of rotatable bonds is 7. The van der Waals surface area contributed by atoms with Crippen molar-refractivity contribution in [3.05, 3.63) is 113 Å². The average Bonchev–Trinajstić information content (AvgIpc) is 2.94. The molecule has 1 amide bonds. The lowest BCUT2D eigenvalue weighted by Gasteiger charge is -2.26. The fraction of sp³-hybridized carbons (Fsp3) is 0.138. The van der Waals surface area contributed by atoms with E-state index in [1.165, 1.54) is 4.31 Å². The lowest BCUT2D eigenvalue weighted by atomic mass is 10.1. The molecule has 0 aliphatic carbocycles. The second-order valence-corrected chi connectivity index (χ2v) is 11.1. The van der Waals surface area contributed by atoms with Crippen molar-refractivity contribution in [3.8, 4) is 11.5 Å². The molecule has 5 rings (SSSR count). The highest BCUT2D eigenvalue weighted by molar-refractivity contribution is 7.92. The van der Waals surface area contributed by atoms with E-state index in [4.69, 9.17) is 21.1 Å². The molecule has 1 aliphatic rings. The quantitative estimate of drug-likeness (QED) is 0.303. The first-order chi connectivity index (χ1) is 18.3. The summed E-state index contributed by atoms with van der Waals surface area (Å²) in [5, 5.41) is 3.29. The van der Waals surface area contributed by atoms with Gasteiger partial charge in [-0.15, -0.1) is 0 Å². The molecule has 1 N–H and O–H groups in total. The lowest BCUT2D eigenvalue weighted by molar-refractivity contribution is 0.102. The number of carbonyl (C=O) groups excluding carboxylic acids is 1. The number of amides is 1. The Labute approximate surface area is 226 Å². The Balaban J connectivity index is 1.39. The van der Waals surface area contributed by atoms with Crippen molar-refractivity contribution < 1.29 is 22.7 Å². The Kier molecular flexibility index (Phi) is 7.26. The maximum absolute atomic E-state index is 13.7. The van der Waals surface area contributed by atoms with Gasteiger partial charge in [-0.05, 0) is 66.6 Å². The molecular weight excluding hydrogens is 524 g/mol. The minimum absolute atomic E-state index is 0.0580. The third-order valence-electron chi connectivity index (χ3n) is 6.11. The summed E-state index contributed by atoms with van der Waals surface area (Å²) >= 11 is 6.24. The van der Waals surface area contributed by atoms with Gasteiger partial charge in [-0.2, -0.15) is 0 Å². The Morgan fingerprint density at radius 2 is 1.61 bits per heavy atom. The number of aryl methyl sites for hydroxylation is 1. The first kappa shape index (κ1) is 25.6. The highest BCUT2D eigenvalue weighted by Gasteiger charge is 2.26. The highest BCUT2D eigenvalue weighted by Crippen LogP contribution is 2.33. The number of nitrogens with zero attached hydrogens (tertiary/aromatic N) is 1. The van der Waals surface area contributed by atoms with Crippen LogP contribution in [0.1, 0.15) is 21.5 Å². The predicted molar refractivity (Wildman–Crippen MR) is 148 cm³/mol. The second-order valence-electron chi connectivity index (χ2n) is 8.77. The number of benzene rings is 4. The van der Waals surface area contributed by atoms with Crippen LogP contribution in [-0.2, 0) is 16.6 Å². The molecule has 0 radical (unpaired) electrons. The van der Waals surface area contributed by atoms with E-state index in [1.807, 2.05) is 6.92 Å². The maximum Gasteiger partial charge on any atom is 0.264 e. The first-order valence-corrected chi connectivity index (χ1v) is 13.8. The molecule has 0 bridgehead atoms. The molecule has 38 heavy (non-hydrogen) atoms. The summed E-state index contributed by atoms with van der Waals surface area (Å²) in [4.78, 5) is 13.0. The van der Waals surface area contributed by atoms with Gasteiger partial charge in [-0.3, -0.25) is 9.10 Å². The third kappa shape index (κ3) is 5.46. The second kappa shape index (κ2) is 10.8. The molecule has 1 heterocycles. The van der Waals surface area contributed by atoms with Gasteiger partial charge in [0.2, 0.25) is 0 Å². The number of anilines is 2. The van der Waals surface area contributed by atoms with Crippen LogP contribution < -0.4 is 19.1 Å². The van der Waals surface area contributed by atoms with Crippen LogP contribution >= 0.6 is 11.6 Å². The van der Waals surface area contributed by atoms with E-state index in [0.29, 0.717) is 52.2 Å². The average molecular weight is 549 g/mol. The van der Waals surface area contributed by atoms with Gasteiger partial charge in [-0.25, -0.2) is 8.42 Å². The molecule has 1 aliphatic heterocycles. The standard InChI is InChI=1S/C29H25ClN2O5S/c1-20-7-12-23(30)17-26(20)32(38(34,35)25-5-3-2-4-6-25)19-21-8-10-22(11-9-21)29(33)31-24-13-14-27-28(18-24)37-16-15-36-27/h2-14,17-18H,15-16,19H2,1H3,(H,31,33). The first-order valence-electron chi connectivity index (χ1n) is 12.0. The summed E-state index contributed by atoms with van der Waals surface area (Å²) < 4.78 is 39.8. The normalized spacial score (nSPS) is 12.6. The summed E-state index contributed by atoms with van der Waals surface area (Å²) in [7, 11) is -3.89. The van der Waals surface area contributed by atoms with Gasteiger partial charge in [0.25, 0.3) is 15.9 Å². The molecule has 7 nitrogen and oxygen atoms in total. The number of fused-ring (bicyclic) bond motifs is 1. The molecular formula is C29H25ClN2O5S. The molecule has 9 heteroatoms. The minimum Gasteiger partial charge on any atom is -0.486 e. The van der Waals surface area contributed by atoms with Gasteiger partial charge in [0.1, 0.15) is 13.2 Å². The molecule has 0 aromatic heterocycles. The summed E-state index contributed by atoms with van der Waals surface area (Å²) in [5.74, 6) is 0.927. The van der Waals surface area contributed by atoms with Crippen molar-refractivity contribution in [1.29, 1.82) is 0 Å². The van der Waals surface area contributed by atoms with Crippen molar-refractivity contribution in [1.82, 2.24) is 0 Å². The van der Waals surface area contributed by atoms with Crippen LogP contribution in [-0.4, -0.2) is 27.5 Å². The molecule has 4 aromatic rings. The van der Waals surface area contributed by atoms with Crippen molar-refractivity contribution in [3.63, 3.8) is 0 Å². The van der Waals surface area contributed by atoms with Gasteiger partial charge < -0.3 is 14.8 Å². The third-order valence-corrected chi connectivity index (χ3v) is 8.12.